The zero-order chi connectivity index (χ0) is 17.1. The van der Waals surface area contributed by atoms with Crippen molar-refractivity contribution in [2.24, 2.45) is 0 Å². The smallest absolute Gasteiger partial charge is 0.254 e. The largest absolute Gasteiger partial charge is 0.490 e. The number of morpholine rings is 1. The van der Waals surface area contributed by atoms with Gasteiger partial charge in [0.2, 0.25) is 0 Å². The number of ether oxygens (including phenoxy) is 2. The van der Waals surface area contributed by atoms with Crippen molar-refractivity contribution < 1.29 is 14.3 Å². The molecular formula is C20H28N2O3. The Kier molecular flexibility index (Phi) is 5.22. The van der Waals surface area contributed by atoms with Gasteiger partial charge in [-0.2, -0.15) is 0 Å². The molecule has 1 amide bonds. The zero-order valence-electron chi connectivity index (χ0n) is 14.9. The second-order valence-corrected chi connectivity index (χ2v) is 7.39. The van der Waals surface area contributed by atoms with Crippen molar-refractivity contribution in [2.75, 3.05) is 39.4 Å². The molecule has 136 valence electrons. The van der Waals surface area contributed by atoms with Crippen molar-refractivity contribution in [2.45, 2.75) is 44.2 Å². The number of amides is 1. The van der Waals surface area contributed by atoms with E-state index < -0.39 is 0 Å². The van der Waals surface area contributed by atoms with Crippen LogP contribution in [0.25, 0.3) is 0 Å². The Morgan fingerprint density at radius 1 is 0.960 bits per heavy atom. The minimum atomic E-state index is 0.0867. The van der Waals surface area contributed by atoms with E-state index in [9.17, 15) is 4.79 Å². The normalized spacial score (nSPS) is 27.6. The zero-order valence-corrected chi connectivity index (χ0v) is 14.9. The van der Waals surface area contributed by atoms with Crippen molar-refractivity contribution in [1.82, 2.24) is 9.80 Å². The van der Waals surface area contributed by atoms with Gasteiger partial charge in [-0.15, -0.1) is 0 Å². The average Bonchev–Trinajstić information content (AvgIpc) is 2.66. The monoisotopic (exact) mass is 344 g/mol. The lowest BCUT2D eigenvalue weighted by Crippen LogP contribution is -2.50. The highest BCUT2D eigenvalue weighted by Crippen LogP contribution is 2.31. The number of piperidine rings is 1. The molecule has 0 N–H and O–H groups in total. The molecule has 1 aromatic rings. The van der Waals surface area contributed by atoms with Gasteiger partial charge < -0.3 is 19.3 Å². The van der Waals surface area contributed by atoms with E-state index in [2.05, 4.69) is 4.90 Å². The Labute approximate surface area is 149 Å². The van der Waals surface area contributed by atoms with E-state index in [1.165, 1.54) is 32.4 Å². The fourth-order valence-corrected chi connectivity index (χ4v) is 4.03. The van der Waals surface area contributed by atoms with Gasteiger partial charge in [0.15, 0.2) is 0 Å². The summed E-state index contributed by atoms with van der Waals surface area (Å²) in [7, 11) is 0. The van der Waals surface area contributed by atoms with E-state index in [0.29, 0.717) is 38.4 Å². The Morgan fingerprint density at radius 3 is 2.32 bits per heavy atom. The number of likely N-dealkylation sites (tertiary alicyclic amines) is 1. The third-order valence-corrected chi connectivity index (χ3v) is 5.68. The second-order valence-electron chi connectivity index (χ2n) is 7.39. The number of benzene rings is 1. The van der Waals surface area contributed by atoms with E-state index in [4.69, 9.17) is 9.47 Å². The van der Waals surface area contributed by atoms with E-state index in [1.54, 1.807) is 0 Å². The molecule has 0 aromatic heterocycles. The maximum Gasteiger partial charge on any atom is 0.254 e. The Morgan fingerprint density at radius 2 is 1.64 bits per heavy atom. The number of carbonyl (C=O) groups excluding carboxylic acids is 1. The van der Waals surface area contributed by atoms with Crippen LogP contribution in [0, 0.1) is 0 Å². The summed E-state index contributed by atoms with van der Waals surface area (Å²) in [5.41, 5.74) is 0.731. The van der Waals surface area contributed by atoms with Crippen molar-refractivity contribution in [3.05, 3.63) is 29.8 Å². The van der Waals surface area contributed by atoms with Crippen LogP contribution in [0.2, 0.25) is 0 Å². The summed E-state index contributed by atoms with van der Waals surface area (Å²) in [4.78, 5) is 16.9. The Balaban J connectivity index is 1.26. The van der Waals surface area contributed by atoms with E-state index in [1.807, 2.05) is 29.2 Å². The minimum Gasteiger partial charge on any atom is -0.490 e. The van der Waals surface area contributed by atoms with Crippen LogP contribution in [0.1, 0.15) is 42.5 Å². The van der Waals surface area contributed by atoms with Gasteiger partial charge in [0.25, 0.3) is 5.91 Å². The topological polar surface area (TPSA) is 42.0 Å². The highest BCUT2D eigenvalue weighted by molar-refractivity contribution is 5.94. The summed E-state index contributed by atoms with van der Waals surface area (Å²) in [6.07, 6.45) is 6.68. The van der Waals surface area contributed by atoms with Gasteiger partial charge in [-0.05, 0) is 50.2 Å². The number of hydrogen-bond donors (Lipinski definition) is 0. The lowest BCUT2D eigenvalue weighted by molar-refractivity contribution is 0.00891. The quantitative estimate of drug-likeness (QED) is 0.842. The first-order valence-electron chi connectivity index (χ1n) is 9.67. The molecule has 25 heavy (non-hydrogen) atoms. The molecule has 1 saturated carbocycles. The summed E-state index contributed by atoms with van der Waals surface area (Å²) in [6, 6.07) is 8.35. The molecule has 1 aromatic carbocycles. The fourth-order valence-electron chi connectivity index (χ4n) is 4.03. The molecule has 2 heterocycles. The predicted molar refractivity (Wildman–Crippen MR) is 96.0 cm³/mol. The van der Waals surface area contributed by atoms with E-state index in [0.717, 1.165) is 24.2 Å². The highest BCUT2D eigenvalue weighted by atomic mass is 16.5. The summed E-state index contributed by atoms with van der Waals surface area (Å²) < 4.78 is 11.4. The van der Waals surface area contributed by atoms with Crippen LogP contribution in [-0.2, 0) is 4.74 Å². The van der Waals surface area contributed by atoms with Crippen molar-refractivity contribution >= 4 is 5.91 Å². The molecule has 0 spiro atoms. The van der Waals surface area contributed by atoms with Crippen LogP contribution < -0.4 is 4.74 Å². The third-order valence-electron chi connectivity index (χ3n) is 5.68. The molecule has 2 aliphatic heterocycles. The first-order chi connectivity index (χ1) is 12.3. The molecule has 0 unspecified atom stereocenters. The van der Waals surface area contributed by atoms with Gasteiger partial charge in [-0.1, -0.05) is 6.42 Å². The standard InChI is InChI=1S/C20H28N2O3/c23-20(22-10-12-24-13-11-22)16-4-6-18(7-5-16)25-19-14-17(15-19)21-8-2-1-3-9-21/h4-7,17,19H,1-3,8-15H2. The molecule has 0 radical (unpaired) electrons. The van der Waals surface area contributed by atoms with Gasteiger partial charge in [0.1, 0.15) is 11.9 Å². The molecule has 0 atom stereocenters. The van der Waals surface area contributed by atoms with Gasteiger partial charge in [-0.25, -0.2) is 0 Å². The summed E-state index contributed by atoms with van der Waals surface area (Å²) >= 11 is 0. The van der Waals surface area contributed by atoms with E-state index >= 15 is 0 Å². The highest BCUT2D eigenvalue weighted by Gasteiger charge is 2.35. The molecule has 1 aliphatic carbocycles. The summed E-state index contributed by atoms with van der Waals surface area (Å²) in [6.45, 7) is 5.14. The van der Waals surface area contributed by atoms with Crippen molar-refractivity contribution in [1.29, 1.82) is 0 Å². The van der Waals surface area contributed by atoms with Crippen LogP contribution in [-0.4, -0.2) is 67.2 Å². The third kappa shape index (κ3) is 3.98. The van der Waals surface area contributed by atoms with Crippen LogP contribution in [0.3, 0.4) is 0 Å². The lowest BCUT2D eigenvalue weighted by Gasteiger charge is -2.44. The lowest BCUT2D eigenvalue weighted by atomic mass is 9.86. The summed E-state index contributed by atoms with van der Waals surface area (Å²) in [5, 5.41) is 0. The molecule has 5 heteroatoms. The van der Waals surface area contributed by atoms with Crippen molar-refractivity contribution in [3.8, 4) is 5.75 Å². The number of nitrogens with zero attached hydrogens (tertiary/aromatic N) is 2. The second kappa shape index (κ2) is 7.75. The Bertz CT molecular complexity index is 571. The SMILES string of the molecule is O=C(c1ccc(OC2CC(N3CCCCC3)C2)cc1)N1CCOCC1. The minimum absolute atomic E-state index is 0.0867. The number of rotatable bonds is 4. The molecule has 2 saturated heterocycles. The number of carbonyl (C=O) groups is 1. The average molecular weight is 344 g/mol. The van der Waals surface area contributed by atoms with Crippen LogP contribution in [0.4, 0.5) is 0 Å². The maximum absolute atomic E-state index is 12.4. The predicted octanol–water partition coefficient (Wildman–Crippen LogP) is 2.55. The van der Waals surface area contributed by atoms with Gasteiger partial charge in [0, 0.05) is 37.5 Å². The maximum atomic E-state index is 12.4. The van der Waals surface area contributed by atoms with Gasteiger partial charge >= 0.3 is 0 Å². The summed E-state index contributed by atoms with van der Waals surface area (Å²) in [5.74, 6) is 0.962. The fraction of sp³-hybridized carbons (Fsp3) is 0.650. The van der Waals surface area contributed by atoms with Crippen molar-refractivity contribution in [3.63, 3.8) is 0 Å². The molecule has 3 aliphatic rings. The van der Waals surface area contributed by atoms with Crippen LogP contribution in [0.15, 0.2) is 24.3 Å². The van der Waals surface area contributed by atoms with Gasteiger partial charge in [0.05, 0.1) is 13.2 Å². The number of hydrogen-bond acceptors (Lipinski definition) is 4. The first kappa shape index (κ1) is 16.9. The van der Waals surface area contributed by atoms with E-state index in [-0.39, 0.29) is 5.91 Å². The van der Waals surface area contributed by atoms with Crippen LogP contribution in [0.5, 0.6) is 5.75 Å². The first-order valence-corrected chi connectivity index (χ1v) is 9.67. The molecule has 3 fully saturated rings. The molecule has 4 rings (SSSR count). The molecular weight excluding hydrogens is 316 g/mol. The van der Waals surface area contributed by atoms with Gasteiger partial charge in [-0.3, -0.25) is 4.79 Å². The molecule has 0 bridgehead atoms. The molecule has 5 nitrogen and oxygen atoms in total. The Hall–Kier alpha value is -1.59. The van der Waals surface area contributed by atoms with Crippen LogP contribution >= 0.6 is 0 Å².